The third kappa shape index (κ3) is 4.05. The molecule has 4 rings (SSSR count). The van der Waals surface area contributed by atoms with Crippen LogP contribution in [0, 0.1) is 5.82 Å². The summed E-state index contributed by atoms with van der Waals surface area (Å²) >= 11 is 1.24. The van der Waals surface area contributed by atoms with Crippen molar-refractivity contribution >= 4 is 45.1 Å². The zero-order valence-electron chi connectivity index (χ0n) is 17.1. The van der Waals surface area contributed by atoms with Gasteiger partial charge in [-0.3, -0.25) is 24.1 Å². The van der Waals surface area contributed by atoms with Crippen molar-refractivity contribution in [1.82, 2.24) is 14.7 Å². The number of thiophene rings is 1. The number of carbonyl (C=O) groups excluding carboxylic acids is 4. The molecule has 0 radical (unpaired) electrons. The van der Waals surface area contributed by atoms with Crippen LogP contribution in [0.4, 0.5) is 4.39 Å². The van der Waals surface area contributed by atoms with E-state index in [1.165, 1.54) is 24.5 Å². The summed E-state index contributed by atoms with van der Waals surface area (Å²) in [4.78, 5) is 53.8. The standard InChI is InChI=1S/C21H22FN3O5S/c1-30-12-13-19-14(22)3-2-4-15(19)31-20(13)21(29)24-9-7-23(8-10-24)18(28)11-25-16(26)5-6-17(25)27/h2-4H,5-12H2,1H3. The molecule has 0 unspecified atom stereocenters. The van der Waals surface area contributed by atoms with Crippen LogP contribution in [0.3, 0.4) is 0 Å². The van der Waals surface area contributed by atoms with E-state index in [4.69, 9.17) is 4.74 Å². The lowest BCUT2D eigenvalue weighted by Crippen LogP contribution is -2.53. The smallest absolute Gasteiger partial charge is 0.264 e. The van der Waals surface area contributed by atoms with Crippen molar-refractivity contribution < 1.29 is 28.3 Å². The molecule has 8 nitrogen and oxygen atoms in total. The highest BCUT2D eigenvalue weighted by Gasteiger charge is 2.33. The first kappa shape index (κ1) is 21.4. The fourth-order valence-electron chi connectivity index (χ4n) is 3.96. The molecule has 2 aliphatic heterocycles. The number of fused-ring (bicyclic) bond motifs is 1. The molecule has 31 heavy (non-hydrogen) atoms. The zero-order chi connectivity index (χ0) is 22.1. The van der Waals surface area contributed by atoms with Crippen LogP contribution >= 0.6 is 11.3 Å². The van der Waals surface area contributed by atoms with Crippen molar-refractivity contribution in [1.29, 1.82) is 0 Å². The van der Waals surface area contributed by atoms with Crippen LogP contribution in [0.1, 0.15) is 28.1 Å². The number of imide groups is 1. The molecule has 10 heteroatoms. The first-order chi connectivity index (χ1) is 14.9. The summed E-state index contributed by atoms with van der Waals surface area (Å²) in [7, 11) is 1.50. The van der Waals surface area contributed by atoms with Gasteiger partial charge in [0.15, 0.2) is 0 Å². The van der Waals surface area contributed by atoms with Gasteiger partial charge < -0.3 is 14.5 Å². The number of amides is 4. The number of carbonyl (C=O) groups is 4. The number of benzene rings is 1. The minimum atomic E-state index is -0.388. The lowest BCUT2D eigenvalue weighted by Gasteiger charge is -2.35. The monoisotopic (exact) mass is 447 g/mol. The predicted octanol–water partition coefficient (Wildman–Crippen LogP) is 1.62. The first-order valence-corrected chi connectivity index (χ1v) is 10.8. The van der Waals surface area contributed by atoms with Crippen LogP contribution < -0.4 is 0 Å². The Balaban J connectivity index is 1.44. The van der Waals surface area contributed by atoms with Crippen LogP contribution in [0.25, 0.3) is 10.1 Å². The van der Waals surface area contributed by atoms with Gasteiger partial charge >= 0.3 is 0 Å². The number of piperazine rings is 1. The van der Waals surface area contributed by atoms with Crippen molar-refractivity contribution in [2.45, 2.75) is 19.4 Å². The molecule has 2 aromatic rings. The fourth-order valence-corrected chi connectivity index (χ4v) is 5.15. The number of ether oxygens (including phenoxy) is 1. The summed E-state index contributed by atoms with van der Waals surface area (Å²) in [5.41, 5.74) is 0.537. The van der Waals surface area contributed by atoms with E-state index in [-0.39, 0.29) is 55.4 Å². The Labute approximate surface area is 182 Å². The lowest BCUT2D eigenvalue weighted by atomic mass is 10.1. The molecule has 0 bridgehead atoms. The Bertz CT molecular complexity index is 1040. The fraction of sp³-hybridized carbons (Fsp3) is 0.429. The van der Waals surface area contributed by atoms with Crippen LogP contribution in [-0.4, -0.2) is 78.2 Å². The highest BCUT2D eigenvalue weighted by molar-refractivity contribution is 7.21. The van der Waals surface area contributed by atoms with Crippen molar-refractivity contribution in [3.63, 3.8) is 0 Å². The van der Waals surface area contributed by atoms with Gasteiger partial charge in [-0.05, 0) is 12.1 Å². The Kier molecular flexibility index (Phi) is 6.01. The van der Waals surface area contributed by atoms with E-state index in [2.05, 4.69) is 0 Å². The van der Waals surface area contributed by atoms with E-state index in [1.54, 1.807) is 21.9 Å². The van der Waals surface area contributed by atoms with E-state index in [1.807, 2.05) is 0 Å². The second-order valence-electron chi connectivity index (χ2n) is 7.50. The van der Waals surface area contributed by atoms with E-state index in [9.17, 15) is 23.6 Å². The average molecular weight is 447 g/mol. The molecule has 2 saturated heterocycles. The van der Waals surface area contributed by atoms with E-state index >= 15 is 0 Å². The molecule has 0 spiro atoms. The van der Waals surface area contributed by atoms with Gasteiger partial charge in [0.1, 0.15) is 12.4 Å². The molecule has 0 atom stereocenters. The minimum Gasteiger partial charge on any atom is -0.380 e. The number of methoxy groups -OCH3 is 1. The Morgan fingerprint density at radius 1 is 1.06 bits per heavy atom. The third-order valence-electron chi connectivity index (χ3n) is 5.61. The first-order valence-electron chi connectivity index (χ1n) is 9.99. The van der Waals surface area contributed by atoms with Crippen molar-refractivity contribution in [3.05, 3.63) is 34.5 Å². The molecule has 3 heterocycles. The summed E-state index contributed by atoms with van der Waals surface area (Å²) in [6.45, 7) is 1.11. The van der Waals surface area contributed by atoms with Crippen LogP contribution in [-0.2, 0) is 25.7 Å². The Morgan fingerprint density at radius 3 is 2.35 bits per heavy atom. The maximum atomic E-state index is 14.4. The van der Waals surface area contributed by atoms with Gasteiger partial charge in [0.05, 0.1) is 11.5 Å². The summed E-state index contributed by atoms with van der Waals surface area (Å²) in [5, 5.41) is 0.409. The molecule has 4 amide bonds. The molecule has 0 N–H and O–H groups in total. The van der Waals surface area contributed by atoms with Crippen LogP contribution in [0.2, 0.25) is 0 Å². The van der Waals surface area contributed by atoms with Gasteiger partial charge in [0, 0.05) is 61.8 Å². The number of likely N-dealkylation sites (tertiary alicyclic amines) is 1. The van der Waals surface area contributed by atoms with Gasteiger partial charge in [-0.15, -0.1) is 11.3 Å². The van der Waals surface area contributed by atoms with Gasteiger partial charge in [-0.25, -0.2) is 4.39 Å². The Morgan fingerprint density at radius 2 is 1.71 bits per heavy atom. The summed E-state index contributed by atoms with van der Waals surface area (Å²) in [6.07, 6.45) is 0.294. The maximum Gasteiger partial charge on any atom is 0.264 e. The average Bonchev–Trinajstić information content (AvgIpc) is 3.29. The van der Waals surface area contributed by atoms with Crippen molar-refractivity contribution in [2.24, 2.45) is 0 Å². The molecule has 1 aromatic heterocycles. The van der Waals surface area contributed by atoms with Gasteiger partial charge in [-0.1, -0.05) is 6.07 Å². The molecular formula is C21H22FN3O5S. The van der Waals surface area contributed by atoms with Crippen molar-refractivity contribution in [2.75, 3.05) is 39.8 Å². The normalized spacial score (nSPS) is 17.2. The predicted molar refractivity (Wildman–Crippen MR) is 111 cm³/mol. The van der Waals surface area contributed by atoms with Crippen molar-refractivity contribution in [3.8, 4) is 0 Å². The highest BCUT2D eigenvalue weighted by atomic mass is 32.1. The molecule has 1 aromatic carbocycles. The quantitative estimate of drug-likeness (QED) is 0.650. The minimum absolute atomic E-state index is 0.123. The SMILES string of the molecule is COCc1c(C(=O)N2CCN(C(=O)CN3C(=O)CCC3=O)CC2)sc2cccc(F)c12. The number of halogens is 1. The van der Waals surface area contributed by atoms with E-state index in [0.717, 1.165) is 4.90 Å². The molecule has 0 aliphatic carbocycles. The van der Waals surface area contributed by atoms with Gasteiger partial charge in [0.25, 0.3) is 5.91 Å². The summed E-state index contributed by atoms with van der Waals surface area (Å²) in [5.74, 6) is -1.56. The summed E-state index contributed by atoms with van der Waals surface area (Å²) in [6, 6.07) is 4.75. The highest BCUT2D eigenvalue weighted by Crippen LogP contribution is 2.34. The second-order valence-corrected chi connectivity index (χ2v) is 8.55. The number of hydrogen-bond acceptors (Lipinski definition) is 6. The van der Waals surface area contributed by atoms with E-state index in [0.29, 0.717) is 46.7 Å². The number of nitrogens with zero attached hydrogens (tertiary/aromatic N) is 3. The van der Waals surface area contributed by atoms with Gasteiger partial charge in [0.2, 0.25) is 17.7 Å². The molecular weight excluding hydrogens is 425 g/mol. The molecule has 2 fully saturated rings. The van der Waals surface area contributed by atoms with Crippen LogP contribution in [0.15, 0.2) is 18.2 Å². The summed E-state index contributed by atoms with van der Waals surface area (Å²) < 4.78 is 20.3. The van der Waals surface area contributed by atoms with E-state index < -0.39 is 0 Å². The topological polar surface area (TPSA) is 87.2 Å². The molecule has 2 aliphatic rings. The lowest BCUT2D eigenvalue weighted by molar-refractivity contribution is -0.146. The molecule has 0 saturated carbocycles. The van der Waals surface area contributed by atoms with Crippen LogP contribution in [0.5, 0.6) is 0 Å². The maximum absolute atomic E-state index is 14.4. The number of rotatable bonds is 5. The Hall–Kier alpha value is -2.85. The molecule has 164 valence electrons. The number of hydrogen-bond donors (Lipinski definition) is 0. The third-order valence-corrected chi connectivity index (χ3v) is 6.80. The second kappa shape index (κ2) is 8.72. The zero-order valence-corrected chi connectivity index (χ0v) is 17.9. The largest absolute Gasteiger partial charge is 0.380 e. The van der Waals surface area contributed by atoms with Gasteiger partial charge in [-0.2, -0.15) is 0 Å².